The normalized spacial score (nSPS) is 20.5. The highest BCUT2D eigenvalue weighted by Gasteiger charge is 2.41. The first-order chi connectivity index (χ1) is 16.5. The molecule has 3 aromatic heterocycles. The molecule has 0 radical (unpaired) electrons. The van der Waals surface area contributed by atoms with Crippen LogP contribution in [0.15, 0.2) is 18.5 Å². The Hall–Kier alpha value is -3.13. The fourth-order valence-corrected chi connectivity index (χ4v) is 3.98. The molecule has 4 rings (SSSR count). The van der Waals surface area contributed by atoms with E-state index in [4.69, 9.17) is 16.3 Å². The summed E-state index contributed by atoms with van der Waals surface area (Å²) in [6.07, 6.45) is -4.39. The van der Waals surface area contributed by atoms with E-state index in [1.807, 2.05) is 0 Å². The van der Waals surface area contributed by atoms with Gasteiger partial charge in [0, 0.05) is 29.9 Å². The minimum Gasteiger partial charge on any atom is -0.443 e. The minimum atomic E-state index is -4.80. The Bertz CT molecular complexity index is 1200. The van der Waals surface area contributed by atoms with Gasteiger partial charge in [0.1, 0.15) is 17.3 Å². The summed E-state index contributed by atoms with van der Waals surface area (Å²) in [5.74, 6) is -0.109. The number of anilines is 2. The molecule has 190 valence electrons. The Balaban J connectivity index is 1.46. The lowest BCUT2D eigenvalue weighted by molar-refractivity contribution is -0.330. The van der Waals surface area contributed by atoms with E-state index in [9.17, 15) is 22.4 Å². The van der Waals surface area contributed by atoms with Crippen LogP contribution in [0.1, 0.15) is 44.0 Å². The number of rotatable bonds is 7. The number of imidazole rings is 1. The number of carbonyl (C=O) groups is 1. The highest BCUT2D eigenvalue weighted by Crippen LogP contribution is 2.38. The number of aromatic amines is 1. The van der Waals surface area contributed by atoms with E-state index < -0.39 is 37.3 Å². The van der Waals surface area contributed by atoms with Gasteiger partial charge in [-0.25, -0.2) is 19.2 Å². The standard InChI is InChI=1S/C20H22ClF4N7O3/c1-9(2)27-19(33)35-14-4-3-11(16(14)22)13-5-15(31-30-13)29-18-26-6-12(21)17-28-10(7-32(17)18)8-34-20(23,24)25/h5-7,9,11,14,16H,3-4,8H2,1-2H3,(H,27,33)(H2,26,29,30,31)/t11-,14-,16-/m0/s1. The van der Waals surface area contributed by atoms with E-state index in [1.165, 1.54) is 16.8 Å². The molecule has 0 aromatic carbocycles. The highest BCUT2D eigenvalue weighted by molar-refractivity contribution is 6.33. The second kappa shape index (κ2) is 9.85. The predicted octanol–water partition coefficient (Wildman–Crippen LogP) is 4.60. The van der Waals surface area contributed by atoms with E-state index in [2.05, 4.69) is 35.5 Å². The van der Waals surface area contributed by atoms with Crippen LogP contribution in [0.4, 0.5) is 34.1 Å². The lowest BCUT2D eigenvalue weighted by Crippen LogP contribution is -2.36. The second-order valence-electron chi connectivity index (χ2n) is 8.29. The number of alkyl carbamates (subject to hydrolysis) is 1. The first-order valence-corrected chi connectivity index (χ1v) is 11.0. The van der Waals surface area contributed by atoms with Crippen molar-refractivity contribution in [2.45, 2.75) is 63.9 Å². The average Bonchev–Trinajstić information content (AvgIpc) is 3.47. The lowest BCUT2D eigenvalue weighted by atomic mass is 10.0. The zero-order chi connectivity index (χ0) is 25.3. The van der Waals surface area contributed by atoms with Crippen molar-refractivity contribution < 1.29 is 31.8 Å². The fraction of sp³-hybridized carbons (Fsp3) is 0.500. The highest BCUT2D eigenvalue weighted by atomic mass is 35.5. The van der Waals surface area contributed by atoms with Gasteiger partial charge in [-0.3, -0.25) is 14.2 Å². The van der Waals surface area contributed by atoms with Crippen LogP contribution in [0, 0.1) is 0 Å². The third kappa shape index (κ3) is 5.93. The third-order valence-corrected chi connectivity index (χ3v) is 5.55. The number of hydrogen-bond acceptors (Lipinski definition) is 7. The molecule has 10 nitrogen and oxygen atoms in total. The molecule has 0 spiro atoms. The minimum absolute atomic E-state index is 0.0123. The summed E-state index contributed by atoms with van der Waals surface area (Å²) in [6, 6.07) is 1.45. The number of ether oxygens (including phenoxy) is 2. The number of carbonyl (C=O) groups excluding carboxylic acids is 1. The van der Waals surface area contributed by atoms with E-state index in [0.29, 0.717) is 18.5 Å². The number of H-pyrrole nitrogens is 1. The third-order valence-electron chi connectivity index (χ3n) is 5.29. The predicted molar refractivity (Wildman–Crippen MR) is 116 cm³/mol. The first kappa shape index (κ1) is 25.0. The first-order valence-electron chi connectivity index (χ1n) is 10.7. The number of nitrogens with zero attached hydrogens (tertiary/aromatic N) is 4. The van der Waals surface area contributed by atoms with E-state index >= 15 is 0 Å². The van der Waals surface area contributed by atoms with Crippen LogP contribution in [0.5, 0.6) is 0 Å². The molecule has 1 fully saturated rings. The molecule has 3 N–H and O–H groups in total. The smallest absolute Gasteiger partial charge is 0.443 e. The number of alkyl halides is 4. The quantitative estimate of drug-likeness (QED) is 0.390. The largest absolute Gasteiger partial charge is 0.522 e. The molecule has 0 saturated heterocycles. The summed E-state index contributed by atoms with van der Waals surface area (Å²) >= 11 is 6.08. The van der Waals surface area contributed by atoms with Gasteiger partial charge in [-0.1, -0.05) is 11.6 Å². The topological polar surface area (TPSA) is 118 Å². The molecule has 0 bridgehead atoms. The Morgan fingerprint density at radius 1 is 1.37 bits per heavy atom. The van der Waals surface area contributed by atoms with Crippen LogP contribution in [0.25, 0.3) is 5.65 Å². The zero-order valence-electron chi connectivity index (χ0n) is 18.6. The molecule has 1 amide bonds. The molecule has 3 atom stereocenters. The number of aromatic nitrogens is 5. The van der Waals surface area contributed by atoms with Crippen LogP contribution in [-0.4, -0.2) is 55.3 Å². The van der Waals surface area contributed by atoms with E-state index in [1.54, 1.807) is 19.9 Å². The summed E-state index contributed by atoms with van der Waals surface area (Å²) in [6.45, 7) is 2.75. The number of nitrogens with one attached hydrogen (secondary N) is 3. The molecule has 1 saturated carbocycles. The number of amides is 1. The second-order valence-corrected chi connectivity index (χ2v) is 8.70. The molecule has 1 aliphatic carbocycles. The van der Waals surface area contributed by atoms with Crippen molar-refractivity contribution in [2.24, 2.45) is 0 Å². The molecule has 0 unspecified atom stereocenters. The molecule has 15 heteroatoms. The average molecular weight is 520 g/mol. The monoisotopic (exact) mass is 519 g/mol. The van der Waals surface area contributed by atoms with Crippen molar-refractivity contribution in [1.82, 2.24) is 29.9 Å². The zero-order valence-corrected chi connectivity index (χ0v) is 19.3. The Kier molecular flexibility index (Phi) is 7.03. The van der Waals surface area contributed by atoms with Gasteiger partial charge in [0.2, 0.25) is 5.95 Å². The summed E-state index contributed by atoms with van der Waals surface area (Å²) < 4.78 is 62.4. The maximum atomic E-state index is 15.0. The Labute approximate surface area is 201 Å². The maximum absolute atomic E-state index is 15.0. The molecular weight excluding hydrogens is 498 g/mol. The van der Waals surface area contributed by atoms with Crippen LogP contribution in [-0.2, 0) is 16.1 Å². The molecule has 3 aromatic rings. The van der Waals surface area contributed by atoms with Crippen molar-refractivity contribution >= 4 is 35.1 Å². The lowest BCUT2D eigenvalue weighted by Gasteiger charge is -2.18. The molecule has 0 aliphatic heterocycles. The SMILES string of the molecule is CC(C)NC(=O)O[C@H]1CC[C@@H](c2cc(Nc3ncc(Cl)c4nc(COC(F)(F)F)cn34)n[nH]2)[C@@H]1F. The van der Waals surface area contributed by atoms with Crippen LogP contribution in [0.2, 0.25) is 5.02 Å². The summed E-state index contributed by atoms with van der Waals surface area (Å²) in [5.41, 5.74) is 0.646. The van der Waals surface area contributed by atoms with Gasteiger partial charge < -0.3 is 15.4 Å². The van der Waals surface area contributed by atoms with Gasteiger partial charge in [-0.15, -0.1) is 13.2 Å². The number of hydrogen-bond donors (Lipinski definition) is 3. The van der Waals surface area contributed by atoms with Crippen molar-refractivity contribution in [3.63, 3.8) is 0 Å². The summed E-state index contributed by atoms with van der Waals surface area (Å²) in [4.78, 5) is 20.0. The summed E-state index contributed by atoms with van der Waals surface area (Å²) in [7, 11) is 0. The van der Waals surface area contributed by atoms with E-state index in [-0.39, 0.29) is 34.2 Å². The molecule has 1 aliphatic rings. The summed E-state index contributed by atoms with van der Waals surface area (Å²) in [5, 5.41) is 12.5. The van der Waals surface area contributed by atoms with Crippen molar-refractivity contribution in [2.75, 3.05) is 5.32 Å². The fourth-order valence-electron chi connectivity index (χ4n) is 3.80. The van der Waals surface area contributed by atoms with Crippen molar-refractivity contribution in [3.05, 3.63) is 34.9 Å². The van der Waals surface area contributed by atoms with Gasteiger partial charge in [0.15, 0.2) is 11.5 Å². The molecular formula is C20H22ClF4N7O3. The van der Waals surface area contributed by atoms with Gasteiger partial charge in [0.05, 0.1) is 18.5 Å². The van der Waals surface area contributed by atoms with Gasteiger partial charge in [0.25, 0.3) is 0 Å². The maximum Gasteiger partial charge on any atom is 0.522 e. The van der Waals surface area contributed by atoms with Gasteiger partial charge in [-0.2, -0.15) is 5.10 Å². The Morgan fingerprint density at radius 3 is 2.86 bits per heavy atom. The molecule has 35 heavy (non-hydrogen) atoms. The number of fused-ring (bicyclic) bond motifs is 1. The van der Waals surface area contributed by atoms with Crippen molar-refractivity contribution in [1.29, 1.82) is 0 Å². The van der Waals surface area contributed by atoms with Crippen LogP contribution in [0.3, 0.4) is 0 Å². The number of halogens is 5. The van der Waals surface area contributed by atoms with E-state index in [0.717, 1.165) is 0 Å². The van der Waals surface area contributed by atoms with Gasteiger partial charge in [-0.05, 0) is 26.7 Å². The van der Waals surface area contributed by atoms with Crippen molar-refractivity contribution in [3.8, 4) is 0 Å². The molecule has 3 heterocycles. The van der Waals surface area contributed by atoms with Crippen LogP contribution >= 0.6 is 11.6 Å². The Morgan fingerprint density at radius 2 is 2.14 bits per heavy atom. The van der Waals surface area contributed by atoms with Gasteiger partial charge >= 0.3 is 12.5 Å². The van der Waals surface area contributed by atoms with Crippen LogP contribution < -0.4 is 10.6 Å².